The van der Waals surface area contributed by atoms with Crippen molar-refractivity contribution in [2.24, 2.45) is 0 Å². The average Bonchev–Trinajstić information content (AvgIpc) is 2.79. The van der Waals surface area contributed by atoms with Gasteiger partial charge in [0.2, 0.25) is 0 Å². The molecule has 1 heterocycles. The maximum atomic E-state index is 12.3. The topological polar surface area (TPSA) is 20.3 Å². The molecule has 0 fully saturated rings. The molecule has 0 atom stereocenters. The molecule has 0 aromatic heterocycles. The van der Waals surface area contributed by atoms with Crippen LogP contribution in [0.1, 0.15) is 35.3 Å². The van der Waals surface area contributed by atoms with E-state index in [0.717, 1.165) is 22.4 Å². The Balaban J connectivity index is 0.000000637. The zero-order valence-electron chi connectivity index (χ0n) is 11.7. The summed E-state index contributed by atoms with van der Waals surface area (Å²) < 4.78 is 0. The molecule has 19 heavy (non-hydrogen) atoms. The van der Waals surface area contributed by atoms with Crippen LogP contribution in [0.3, 0.4) is 0 Å². The van der Waals surface area contributed by atoms with Crippen molar-refractivity contribution in [1.29, 1.82) is 0 Å². The number of hydrogen-bond acceptors (Lipinski definition) is 1. The lowest BCUT2D eigenvalue weighted by Gasteiger charge is -2.17. The average molecular weight is 253 g/mol. The summed E-state index contributed by atoms with van der Waals surface area (Å²) in [4.78, 5) is 14.1. The summed E-state index contributed by atoms with van der Waals surface area (Å²) in [5.74, 6) is 0.106. The van der Waals surface area contributed by atoms with Crippen LogP contribution in [0.25, 0.3) is 0 Å². The van der Waals surface area contributed by atoms with Gasteiger partial charge in [0.05, 0.1) is 6.54 Å². The molecule has 0 aliphatic carbocycles. The highest BCUT2D eigenvalue weighted by Gasteiger charge is 2.28. The molecule has 1 amide bonds. The Bertz CT molecular complexity index is 589. The highest BCUT2D eigenvalue weighted by atomic mass is 16.2. The van der Waals surface area contributed by atoms with Crippen LogP contribution in [0.4, 0.5) is 5.69 Å². The van der Waals surface area contributed by atoms with E-state index in [1.807, 2.05) is 74.2 Å². The van der Waals surface area contributed by atoms with E-state index in [1.54, 1.807) is 0 Å². The summed E-state index contributed by atoms with van der Waals surface area (Å²) in [6, 6.07) is 15.8. The number of carbonyl (C=O) groups is 1. The molecule has 2 aromatic rings. The van der Waals surface area contributed by atoms with E-state index >= 15 is 0 Å². The van der Waals surface area contributed by atoms with Crippen molar-refractivity contribution in [3.63, 3.8) is 0 Å². The van der Waals surface area contributed by atoms with E-state index in [0.29, 0.717) is 6.54 Å². The maximum Gasteiger partial charge on any atom is 0.258 e. The zero-order chi connectivity index (χ0) is 13.8. The summed E-state index contributed by atoms with van der Waals surface area (Å²) in [5, 5.41) is 0. The Morgan fingerprint density at radius 3 is 2.26 bits per heavy atom. The van der Waals surface area contributed by atoms with Gasteiger partial charge in [0, 0.05) is 11.3 Å². The van der Waals surface area contributed by atoms with Gasteiger partial charge < -0.3 is 4.90 Å². The molecule has 3 rings (SSSR count). The fraction of sp³-hybridized carbons (Fsp3) is 0.235. The second kappa shape index (κ2) is 5.70. The van der Waals surface area contributed by atoms with Gasteiger partial charge in [0.25, 0.3) is 5.91 Å². The second-order valence-electron chi connectivity index (χ2n) is 4.33. The van der Waals surface area contributed by atoms with E-state index in [2.05, 4.69) is 0 Å². The molecule has 1 aliphatic rings. The fourth-order valence-electron chi connectivity index (χ4n) is 2.32. The van der Waals surface area contributed by atoms with E-state index in [1.165, 1.54) is 0 Å². The van der Waals surface area contributed by atoms with E-state index < -0.39 is 0 Å². The van der Waals surface area contributed by atoms with Crippen LogP contribution < -0.4 is 4.90 Å². The van der Waals surface area contributed by atoms with Crippen molar-refractivity contribution >= 4 is 11.6 Å². The molecule has 2 aromatic carbocycles. The van der Waals surface area contributed by atoms with Crippen molar-refractivity contribution in [2.75, 3.05) is 4.90 Å². The monoisotopic (exact) mass is 253 g/mol. The molecule has 0 unspecified atom stereocenters. The van der Waals surface area contributed by atoms with Crippen molar-refractivity contribution in [3.8, 4) is 0 Å². The van der Waals surface area contributed by atoms with E-state index in [-0.39, 0.29) is 5.91 Å². The molecule has 0 N–H and O–H groups in total. The first-order valence-corrected chi connectivity index (χ1v) is 6.73. The first-order valence-electron chi connectivity index (χ1n) is 6.73. The van der Waals surface area contributed by atoms with Gasteiger partial charge in [-0.1, -0.05) is 50.2 Å². The third kappa shape index (κ3) is 2.39. The van der Waals surface area contributed by atoms with Gasteiger partial charge in [-0.3, -0.25) is 4.79 Å². The minimum atomic E-state index is 0.106. The normalized spacial score (nSPS) is 12.8. The molecule has 2 heteroatoms. The minimum Gasteiger partial charge on any atom is -0.304 e. The van der Waals surface area contributed by atoms with Crippen molar-refractivity contribution in [2.45, 2.75) is 27.3 Å². The van der Waals surface area contributed by atoms with E-state index in [4.69, 9.17) is 0 Å². The number of carbonyl (C=O) groups excluding carboxylic acids is 1. The molecule has 0 radical (unpaired) electrons. The number of rotatable bonds is 1. The van der Waals surface area contributed by atoms with E-state index in [9.17, 15) is 4.79 Å². The number of hydrogen-bond donors (Lipinski definition) is 0. The van der Waals surface area contributed by atoms with Gasteiger partial charge in [-0.05, 0) is 30.2 Å². The Morgan fingerprint density at radius 1 is 0.947 bits per heavy atom. The summed E-state index contributed by atoms with van der Waals surface area (Å²) in [7, 11) is 0. The van der Waals surface area contributed by atoms with Crippen LogP contribution in [-0.4, -0.2) is 5.91 Å². The predicted octanol–water partition coefficient (Wildman–Crippen LogP) is 4.18. The fourth-order valence-corrected chi connectivity index (χ4v) is 2.32. The van der Waals surface area contributed by atoms with Gasteiger partial charge in [-0.25, -0.2) is 0 Å². The predicted molar refractivity (Wildman–Crippen MR) is 79.5 cm³/mol. The Hall–Kier alpha value is -2.09. The molecular formula is C17H19NO. The van der Waals surface area contributed by atoms with Crippen LogP contribution >= 0.6 is 0 Å². The summed E-state index contributed by atoms with van der Waals surface area (Å²) in [6.45, 7) is 6.71. The first kappa shape index (κ1) is 13.3. The highest BCUT2D eigenvalue weighted by molar-refractivity contribution is 6.10. The molecule has 0 spiro atoms. The molecule has 98 valence electrons. The summed E-state index contributed by atoms with van der Waals surface area (Å²) >= 11 is 0. The summed E-state index contributed by atoms with van der Waals surface area (Å²) in [6.07, 6.45) is 0. The van der Waals surface area contributed by atoms with Gasteiger partial charge in [-0.2, -0.15) is 0 Å². The molecule has 2 nitrogen and oxygen atoms in total. The van der Waals surface area contributed by atoms with Gasteiger partial charge in [0.15, 0.2) is 0 Å². The quantitative estimate of drug-likeness (QED) is 0.746. The molecular weight excluding hydrogens is 234 g/mol. The lowest BCUT2D eigenvalue weighted by molar-refractivity contribution is 0.0996. The lowest BCUT2D eigenvalue weighted by Crippen LogP contribution is -2.23. The second-order valence-corrected chi connectivity index (χ2v) is 4.33. The number of aryl methyl sites for hydroxylation is 1. The molecule has 0 saturated carbocycles. The number of benzene rings is 2. The number of nitrogens with zero attached hydrogens (tertiary/aromatic N) is 1. The van der Waals surface area contributed by atoms with Gasteiger partial charge >= 0.3 is 0 Å². The van der Waals surface area contributed by atoms with Crippen LogP contribution in [0.5, 0.6) is 0 Å². The van der Waals surface area contributed by atoms with Crippen molar-refractivity contribution in [1.82, 2.24) is 0 Å². The Kier molecular flexibility index (Phi) is 4.00. The molecule has 0 bridgehead atoms. The Labute approximate surface area is 114 Å². The first-order chi connectivity index (χ1) is 9.27. The SMILES string of the molecule is CC.Cc1ccccc1N1Cc2ccccc2C1=O. The van der Waals surface area contributed by atoms with Gasteiger partial charge in [0.1, 0.15) is 0 Å². The van der Waals surface area contributed by atoms with Crippen LogP contribution in [0, 0.1) is 6.92 Å². The standard InChI is InChI=1S/C15H13NO.C2H6/c1-11-6-2-5-9-14(11)16-10-12-7-3-4-8-13(12)15(16)17;1-2/h2-9H,10H2,1H3;1-2H3. The summed E-state index contributed by atoms with van der Waals surface area (Å²) in [5.41, 5.74) is 4.08. The minimum absolute atomic E-state index is 0.106. The molecule has 0 saturated heterocycles. The van der Waals surface area contributed by atoms with Crippen molar-refractivity contribution in [3.05, 3.63) is 65.2 Å². The van der Waals surface area contributed by atoms with Crippen LogP contribution in [0.2, 0.25) is 0 Å². The smallest absolute Gasteiger partial charge is 0.258 e. The maximum absolute atomic E-state index is 12.3. The van der Waals surface area contributed by atoms with Crippen LogP contribution in [0.15, 0.2) is 48.5 Å². The zero-order valence-corrected chi connectivity index (χ0v) is 11.7. The third-order valence-corrected chi connectivity index (χ3v) is 3.23. The lowest BCUT2D eigenvalue weighted by atomic mass is 10.1. The highest BCUT2D eigenvalue weighted by Crippen LogP contribution is 2.29. The number of fused-ring (bicyclic) bond motifs is 1. The largest absolute Gasteiger partial charge is 0.304 e. The Morgan fingerprint density at radius 2 is 1.58 bits per heavy atom. The van der Waals surface area contributed by atoms with Gasteiger partial charge in [-0.15, -0.1) is 0 Å². The number of para-hydroxylation sites is 1. The van der Waals surface area contributed by atoms with Crippen molar-refractivity contribution < 1.29 is 4.79 Å². The van der Waals surface area contributed by atoms with Crippen LogP contribution in [-0.2, 0) is 6.54 Å². The number of anilines is 1. The number of amides is 1. The molecule has 1 aliphatic heterocycles. The third-order valence-electron chi connectivity index (χ3n) is 3.23.